The number of methoxy groups -OCH3 is 1. The zero-order valence-corrected chi connectivity index (χ0v) is 9.32. The molecule has 0 aliphatic carbocycles. The predicted octanol–water partition coefficient (Wildman–Crippen LogP) is -0.712. The summed E-state index contributed by atoms with van der Waals surface area (Å²) in [5.74, 6) is -0.547. The lowest BCUT2D eigenvalue weighted by atomic mass is 10.3. The van der Waals surface area contributed by atoms with E-state index < -0.39 is 0 Å². The minimum absolute atomic E-state index is 0.154. The van der Waals surface area contributed by atoms with Gasteiger partial charge in [0.25, 0.3) is 0 Å². The van der Waals surface area contributed by atoms with Gasteiger partial charge in [0.1, 0.15) is 0 Å². The van der Waals surface area contributed by atoms with E-state index in [1.54, 1.807) is 7.11 Å². The molecule has 3 amide bonds. The summed E-state index contributed by atoms with van der Waals surface area (Å²) in [5.41, 5.74) is 0. The average Bonchev–Trinajstić information content (AvgIpc) is 2.57. The molecule has 1 N–H and O–H groups in total. The van der Waals surface area contributed by atoms with Crippen LogP contribution < -0.4 is 5.32 Å². The molecule has 0 atom stereocenters. The van der Waals surface area contributed by atoms with Gasteiger partial charge in [-0.25, -0.2) is 0 Å². The molecule has 0 aromatic heterocycles. The van der Waals surface area contributed by atoms with Gasteiger partial charge >= 0.3 is 0 Å². The molecule has 16 heavy (non-hydrogen) atoms. The number of hydrogen-bond donors (Lipinski definition) is 1. The molecule has 0 unspecified atom stereocenters. The molecule has 0 spiro atoms. The number of likely N-dealkylation sites (tertiary alicyclic amines) is 1. The second-order valence-electron chi connectivity index (χ2n) is 3.53. The summed E-state index contributed by atoms with van der Waals surface area (Å²) in [7, 11) is 1.55. The van der Waals surface area contributed by atoms with Crippen LogP contribution in [0.1, 0.15) is 19.3 Å². The Hall–Kier alpha value is -1.43. The van der Waals surface area contributed by atoms with E-state index in [9.17, 15) is 14.4 Å². The van der Waals surface area contributed by atoms with Crippen LogP contribution in [0.3, 0.4) is 0 Å². The summed E-state index contributed by atoms with van der Waals surface area (Å²) in [4.78, 5) is 34.8. The fourth-order valence-electron chi connectivity index (χ4n) is 1.47. The average molecular weight is 228 g/mol. The summed E-state index contributed by atoms with van der Waals surface area (Å²) < 4.78 is 4.77. The van der Waals surface area contributed by atoms with E-state index in [-0.39, 0.29) is 43.5 Å². The number of hydrogen-bond acceptors (Lipinski definition) is 4. The van der Waals surface area contributed by atoms with Crippen LogP contribution in [0.25, 0.3) is 0 Å². The predicted molar refractivity (Wildman–Crippen MR) is 55.5 cm³/mol. The van der Waals surface area contributed by atoms with Crippen LogP contribution in [0.2, 0.25) is 0 Å². The Kier molecular flexibility index (Phi) is 4.91. The first-order valence-electron chi connectivity index (χ1n) is 5.24. The molecule has 0 bridgehead atoms. The van der Waals surface area contributed by atoms with Gasteiger partial charge in [-0.2, -0.15) is 0 Å². The lowest BCUT2D eigenvalue weighted by molar-refractivity contribution is -0.138. The number of carbonyl (C=O) groups excluding carboxylic acids is 3. The van der Waals surface area contributed by atoms with Gasteiger partial charge in [-0.15, -0.1) is 0 Å². The van der Waals surface area contributed by atoms with Crippen molar-refractivity contribution in [2.75, 3.05) is 26.8 Å². The number of carbonyl (C=O) groups is 3. The summed E-state index contributed by atoms with van der Waals surface area (Å²) in [6.45, 7) is 1.07. The van der Waals surface area contributed by atoms with Crippen LogP contribution in [-0.4, -0.2) is 49.4 Å². The van der Waals surface area contributed by atoms with Gasteiger partial charge in [-0.3, -0.25) is 19.3 Å². The van der Waals surface area contributed by atoms with E-state index in [0.717, 1.165) is 4.90 Å². The van der Waals surface area contributed by atoms with Crippen LogP contribution >= 0.6 is 0 Å². The molecular weight excluding hydrogens is 212 g/mol. The number of nitrogens with one attached hydrogen (secondary N) is 1. The van der Waals surface area contributed by atoms with Crippen molar-refractivity contribution < 1.29 is 19.1 Å². The van der Waals surface area contributed by atoms with Gasteiger partial charge in [-0.1, -0.05) is 0 Å². The third-order valence-electron chi connectivity index (χ3n) is 2.35. The molecule has 1 saturated heterocycles. The van der Waals surface area contributed by atoms with Crippen molar-refractivity contribution >= 4 is 17.7 Å². The molecule has 1 fully saturated rings. The number of imide groups is 1. The van der Waals surface area contributed by atoms with Crippen molar-refractivity contribution in [1.82, 2.24) is 10.2 Å². The van der Waals surface area contributed by atoms with E-state index in [0.29, 0.717) is 13.2 Å². The Balaban J connectivity index is 2.21. The van der Waals surface area contributed by atoms with Crippen LogP contribution in [0.4, 0.5) is 0 Å². The number of amides is 3. The second kappa shape index (κ2) is 6.22. The van der Waals surface area contributed by atoms with Crippen LogP contribution in [-0.2, 0) is 19.1 Å². The van der Waals surface area contributed by atoms with E-state index >= 15 is 0 Å². The molecule has 1 aliphatic heterocycles. The molecule has 6 heteroatoms. The normalized spacial score (nSPS) is 15.7. The standard InChI is InChI=1S/C10H16N2O4/c1-16-7-5-11-8(13)4-6-12-9(14)2-3-10(12)15/h2-7H2,1H3,(H,11,13). The molecule has 1 heterocycles. The highest BCUT2D eigenvalue weighted by atomic mass is 16.5. The number of rotatable bonds is 6. The largest absolute Gasteiger partial charge is 0.383 e. The van der Waals surface area contributed by atoms with Crippen molar-refractivity contribution in [2.45, 2.75) is 19.3 Å². The molecule has 0 saturated carbocycles. The molecular formula is C10H16N2O4. The molecule has 1 rings (SSSR count). The lowest BCUT2D eigenvalue weighted by Crippen LogP contribution is -2.35. The maximum atomic E-state index is 11.3. The minimum atomic E-state index is -0.185. The van der Waals surface area contributed by atoms with E-state index in [2.05, 4.69) is 5.32 Å². The first-order valence-corrected chi connectivity index (χ1v) is 5.24. The fourth-order valence-corrected chi connectivity index (χ4v) is 1.47. The molecule has 6 nitrogen and oxygen atoms in total. The highest BCUT2D eigenvalue weighted by Gasteiger charge is 2.28. The summed E-state index contributed by atoms with van der Waals surface area (Å²) in [5, 5.41) is 2.62. The Morgan fingerprint density at radius 1 is 1.38 bits per heavy atom. The van der Waals surface area contributed by atoms with Crippen molar-refractivity contribution in [1.29, 1.82) is 0 Å². The van der Waals surface area contributed by atoms with Gasteiger partial charge in [0.15, 0.2) is 0 Å². The van der Waals surface area contributed by atoms with Crippen molar-refractivity contribution in [3.63, 3.8) is 0 Å². The van der Waals surface area contributed by atoms with Gasteiger partial charge in [0, 0.05) is 39.5 Å². The Labute approximate surface area is 93.9 Å². The molecule has 1 aliphatic rings. The van der Waals surface area contributed by atoms with Crippen LogP contribution in [0.15, 0.2) is 0 Å². The quantitative estimate of drug-likeness (QED) is 0.481. The third-order valence-corrected chi connectivity index (χ3v) is 2.35. The van der Waals surface area contributed by atoms with Gasteiger partial charge < -0.3 is 10.1 Å². The zero-order valence-electron chi connectivity index (χ0n) is 9.32. The maximum Gasteiger partial charge on any atom is 0.229 e. The van der Waals surface area contributed by atoms with E-state index in [1.807, 2.05) is 0 Å². The molecule has 0 radical (unpaired) electrons. The highest BCUT2D eigenvalue weighted by molar-refractivity contribution is 6.02. The number of nitrogens with zero attached hydrogens (tertiary/aromatic N) is 1. The highest BCUT2D eigenvalue weighted by Crippen LogP contribution is 2.11. The van der Waals surface area contributed by atoms with E-state index in [4.69, 9.17) is 4.74 Å². The molecule has 0 aromatic carbocycles. The monoisotopic (exact) mass is 228 g/mol. The van der Waals surface area contributed by atoms with Crippen molar-refractivity contribution in [3.05, 3.63) is 0 Å². The van der Waals surface area contributed by atoms with Crippen molar-refractivity contribution in [3.8, 4) is 0 Å². The van der Waals surface area contributed by atoms with Crippen molar-refractivity contribution in [2.24, 2.45) is 0 Å². The summed E-state index contributed by atoms with van der Waals surface area (Å²) in [6.07, 6.45) is 0.690. The van der Waals surface area contributed by atoms with Gasteiger partial charge in [-0.05, 0) is 0 Å². The Morgan fingerprint density at radius 2 is 2.00 bits per heavy atom. The lowest BCUT2D eigenvalue weighted by Gasteiger charge is -2.13. The van der Waals surface area contributed by atoms with Gasteiger partial charge in [0.2, 0.25) is 17.7 Å². The van der Waals surface area contributed by atoms with Crippen LogP contribution in [0.5, 0.6) is 0 Å². The summed E-state index contributed by atoms with van der Waals surface area (Å²) in [6, 6.07) is 0. The molecule has 90 valence electrons. The second-order valence-corrected chi connectivity index (χ2v) is 3.53. The first-order chi connectivity index (χ1) is 7.65. The smallest absolute Gasteiger partial charge is 0.229 e. The van der Waals surface area contributed by atoms with E-state index in [1.165, 1.54) is 0 Å². The SMILES string of the molecule is COCCNC(=O)CCN1C(=O)CCC1=O. The molecule has 0 aromatic rings. The fraction of sp³-hybridized carbons (Fsp3) is 0.700. The van der Waals surface area contributed by atoms with Crippen LogP contribution in [0, 0.1) is 0 Å². The van der Waals surface area contributed by atoms with Gasteiger partial charge in [0.05, 0.1) is 6.61 Å². The topological polar surface area (TPSA) is 75.7 Å². The Morgan fingerprint density at radius 3 is 2.56 bits per heavy atom. The minimum Gasteiger partial charge on any atom is -0.383 e. The third kappa shape index (κ3) is 3.62. The first kappa shape index (κ1) is 12.6. The maximum absolute atomic E-state index is 11.3. The summed E-state index contributed by atoms with van der Waals surface area (Å²) >= 11 is 0. The zero-order chi connectivity index (χ0) is 12.0. The number of ether oxygens (including phenoxy) is 1. The Bertz CT molecular complexity index is 275.